The second-order valence-corrected chi connectivity index (χ2v) is 2.77. The molecule has 1 rings (SSSR count). The van der Waals surface area contributed by atoms with E-state index >= 15 is 0 Å². The van der Waals surface area contributed by atoms with Gasteiger partial charge in [0.1, 0.15) is 6.29 Å². The SMILES string of the molecule is O=CC1CNNCS1. The fourth-order valence-electron chi connectivity index (χ4n) is 0.519. The summed E-state index contributed by atoms with van der Waals surface area (Å²) >= 11 is 1.62. The number of aldehydes is 1. The highest BCUT2D eigenvalue weighted by Crippen LogP contribution is 2.07. The van der Waals surface area contributed by atoms with Crippen molar-refractivity contribution >= 4 is 18.0 Å². The van der Waals surface area contributed by atoms with Crippen LogP contribution in [0.4, 0.5) is 0 Å². The zero-order chi connectivity index (χ0) is 5.82. The molecule has 0 radical (unpaired) electrons. The van der Waals surface area contributed by atoms with Gasteiger partial charge in [-0.3, -0.25) is 5.43 Å². The van der Waals surface area contributed by atoms with Crippen LogP contribution in [0.5, 0.6) is 0 Å². The van der Waals surface area contributed by atoms with Crippen molar-refractivity contribution in [2.75, 3.05) is 12.4 Å². The molecular formula is C4H8N2OS. The van der Waals surface area contributed by atoms with Gasteiger partial charge in [-0.05, 0) is 0 Å². The molecule has 1 aliphatic heterocycles. The lowest BCUT2D eigenvalue weighted by Gasteiger charge is -2.17. The Bertz CT molecular complexity index is 82.1. The molecule has 1 heterocycles. The first kappa shape index (κ1) is 6.07. The standard InChI is InChI=1S/C4H8N2OS/c7-2-4-1-5-6-3-8-4/h2,4-6H,1,3H2. The quantitative estimate of drug-likeness (QED) is 0.465. The van der Waals surface area contributed by atoms with Gasteiger partial charge in [0.15, 0.2) is 0 Å². The summed E-state index contributed by atoms with van der Waals surface area (Å²) < 4.78 is 0. The summed E-state index contributed by atoms with van der Waals surface area (Å²) in [6, 6.07) is 0. The van der Waals surface area contributed by atoms with Gasteiger partial charge in [-0.1, -0.05) is 0 Å². The van der Waals surface area contributed by atoms with Gasteiger partial charge in [0.2, 0.25) is 0 Å². The fourth-order valence-corrected chi connectivity index (χ4v) is 1.20. The molecule has 0 saturated carbocycles. The van der Waals surface area contributed by atoms with E-state index in [1.807, 2.05) is 0 Å². The van der Waals surface area contributed by atoms with E-state index in [2.05, 4.69) is 10.9 Å². The van der Waals surface area contributed by atoms with Crippen LogP contribution in [0.2, 0.25) is 0 Å². The Morgan fingerprint density at radius 2 is 2.50 bits per heavy atom. The van der Waals surface area contributed by atoms with E-state index in [4.69, 9.17) is 0 Å². The Kier molecular flexibility index (Phi) is 2.32. The Hall–Kier alpha value is -0.0600. The third-order valence-corrected chi connectivity index (χ3v) is 1.97. The van der Waals surface area contributed by atoms with E-state index in [0.717, 1.165) is 18.7 Å². The maximum absolute atomic E-state index is 10.1. The molecule has 1 atom stereocenters. The smallest absolute Gasteiger partial charge is 0.134 e. The van der Waals surface area contributed by atoms with Gasteiger partial charge in [0.05, 0.1) is 11.1 Å². The number of thioether (sulfide) groups is 1. The summed E-state index contributed by atoms with van der Waals surface area (Å²) in [4.78, 5) is 10.1. The Morgan fingerprint density at radius 1 is 1.62 bits per heavy atom. The molecule has 1 aliphatic rings. The first-order chi connectivity index (χ1) is 3.93. The summed E-state index contributed by atoms with van der Waals surface area (Å²) in [5.41, 5.74) is 5.79. The minimum absolute atomic E-state index is 0.149. The average molecular weight is 132 g/mol. The van der Waals surface area contributed by atoms with Gasteiger partial charge < -0.3 is 4.79 Å². The van der Waals surface area contributed by atoms with Gasteiger partial charge in [-0.25, -0.2) is 5.43 Å². The predicted octanol–water partition coefficient (Wildman–Crippen LogP) is -0.648. The first-order valence-corrected chi connectivity index (χ1v) is 3.51. The average Bonchev–Trinajstić information content (AvgIpc) is 1.90. The van der Waals surface area contributed by atoms with E-state index in [9.17, 15) is 4.79 Å². The largest absolute Gasteiger partial charge is 0.302 e. The minimum Gasteiger partial charge on any atom is -0.302 e. The molecule has 0 aliphatic carbocycles. The van der Waals surface area contributed by atoms with Crippen molar-refractivity contribution in [3.63, 3.8) is 0 Å². The zero-order valence-electron chi connectivity index (χ0n) is 4.39. The molecule has 2 N–H and O–H groups in total. The molecule has 3 nitrogen and oxygen atoms in total. The lowest BCUT2D eigenvalue weighted by atomic mass is 10.5. The highest BCUT2D eigenvalue weighted by atomic mass is 32.2. The topological polar surface area (TPSA) is 41.1 Å². The number of carbonyl (C=O) groups is 1. The molecule has 0 spiro atoms. The number of hydrogen-bond acceptors (Lipinski definition) is 4. The van der Waals surface area contributed by atoms with Crippen LogP contribution in [0.3, 0.4) is 0 Å². The number of nitrogens with one attached hydrogen (secondary N) is 2. The molecule has 0 aromatic heterocycles. The van der Waals surface area contributed by atoms with E-state index < -0.39 is 0 Å². The van der Waals surface area contributed by atoms with Crippen molar-refractivity contribution in [1.29, 1.82) is 0 Å². The molecule has 46 valence electrons. The van der Waals surface area contributed by atoms with Crippen molar-refractivity contribution in [2.24, 2.45) is 0 Å². The van der Waals surface area contributed by atoms with Gasteiger partial charge in [0.25, 0.3) is 0 Å². The molecular weight excluding hydrogens is 124 g/mol. The van der Waals surface area contributed by atoms with Crippen molar-refractivity contribution < 1.29 is 4.79 Å². The maximum Gasteiger partial charge on any atom is 0.134 e. The molecule has 8 heavy (non-hydrogen) atoms. The van der Waals surface area contributed by atoms with E-state index in [-0.39, 0.29) is 5.25 Å². The second kappa shape index (κ2) is 3.06. The monoisotopic (exact) mass is 132 g/mol. The number of hydrazine groups is 1. The van der Waals surface area contributed by atoms with E-state index in [1.165, 1.54) is 0 Å². The van der Waals surface area contributed by atoms with Crippen molar-refractivity contribution in [2.45, 2.75) is 5.25 Å². The number of carbonyl (C=O) groups excluding carboxylic acids is 1. The molecule has 0 aromatic carbocycles. The number of hydrogen-bond donors (Lipinski definition) is 2. The summed E-state index contributed by atoms with van der Waals surface area (Å²) in [5, 5.41) is 0.149. The third-order valence-electron chi connectivity index (χ3n) is 0.950. The minimum atomic E-state index is 0.149. The highest BCUT2D eigenvalue weighted by molar-refractivity contribution is 8.00. The van der Waals surface area contributed by atoms with Crippen LogP contribution in [-0.4, -0.2) is 24.0 Å². The van der Waals surface area contributed by atoms with Crippen LogP contribution < -0.4 is 10.9 Å². The Labute approximate surface area is 52.2 Å². The van der Waals surface area contributed by atoms with Gasteiger partial charge in [-0.15, -0.1) is 11.8 Å². The van der Waals surface area contributed by atoms with Crippen molar-refractivity contribution in [1.82, 2.24) is 10.9 Å². The van der Waals surface area contributed by atoms with Crippen molar-refractivity contribution in [3.05, 3.63) is 0 Å². The predicted molar refractivity (Wildman–Crippen MR) is 33.4 cm³/mol. The van der Waals surface area contributed by atoms with Gasteiger partial charge >= 0.3 is 0 Å². The normalized spacial score (nSPS) is 29.8. The summed E-state index contributed by atoms with van der Waals surface area (Å²) in [7, 11) is 0. The first-order valence-electron chi connectivity index (χ1n) is 2.46. The lowest BCUT2D eigenvalue weighted by Crippen LogP contribution is -2.42. The molecule has 1 unspecified atom stereocenters. The maximum atomic E-state index is 10.1. The van der Waals surface area contributed by atoms with Crippen LogP contribution in [0.25, 0.3) is 0 Å². The van der Waals surface area contributed by atoms with Gasteiger partial charge in [0, 0.05) is 6.54 Å². The number of rotatable bonds is 1. The summed E-state index contributed by atoms with van der Waals surface area (Å²) in [6.45, 7) is 0.744. The summed E-state index contributed by atoms with van der Waals surface area (Å²) in [6.07, 6.45) is 0.971. The van der Waals surface area contributed by atoms with Crippen LogP contribution in [-0.2, 0) is 4.79 Å². The molecule has 1 saturated heterocycles. The van der Waals surface area contributed by atoms with Crippen LogP contribution in [0.15, 0.2) is 0 Å². The molecule has 0 bridgehead atoms. The Morgan fingerprint density at radius 3 is 2.88 bits per heavy atom. The van der Waals surface area contributed by atoms with E-state index in [0.29, 0.717) is 0 Å². The summed E-state index contributed by atoms with van der Waals surface area (Å²) in [5.74, 6) is 0.823. The van der Waals surface area contributed by atoms with Gasteiger partial charge in [-0.2, -0.15) is 0 Å². The second-order valence-electron chi connectivity index (χ2n) is 1.54. The third kappa shape index (κ3) is 1.47. The van der Waals surface area contributed by atoms with Crippen molar-refractivity contribution in [3.8, 4) is 0 Å². The van der Waals surface area contributed by atoms with Crippen LogP contribution in [0.1, 0.15) is 0 Å². The fraction of sp³-hybridized carbons (Fsp3) is 0.750. The molecule has 1 fully saturated rings. The van der Waals surface area contributed by atoms with Crippen LogP contribution in [0, 0.1) is 0 Å². The highest BCUT2D eigenvalue weighted by Gasteiger charge is 2.09. The zero-order valence-corrected chi connectivity index (χ0v) is 5.20. The van der Waals surface area contributed by atoms with Crippen LogP contribution >= 0.6 is 11.8 Å². The molecule has 0 aromatic rings. The van der Waals surface area contributed by atoms with E-state index in [1.54, 1.807) is 11.8 Å². The molecule has 4 heteroatoms. The lowest BCUT2D eigenvalue weighted by molar-refractivity contribution is -0.107. The Balaban J connectivity index is 2.22. The molecule has 0 amide bonds.